The van der Waals surface area contributed by atoms with Crippen molar-refractivity contribution in [3.63, 3.8) is 0 Å². The summed E-state index contributed by atoms with van der Waals surface area (Å²) in [5.41, 5.74) is 2.68. The second-order valence-electron chi connectivity index (χ2n) is 4.82. The first-order chi connectivity index (χ1) is 8.77. The van der Waals surface area contributed by atoms with Crippen LogP contribution in [0.2, 0.25) is 0 Å². The minimum Gasteiger partial charge on any atom is -0.381 e. The summed E-state index contributed by atoms with van der Waals surface area (Å²) in [4.78, 5) is 0. The van der Waals surface area contributed by atoms with Gasteiger partial charge < -0.3 is 10.1 Å². The van der Waals surface area contributed by atoms with Crippen LogP contribution in [-0.4, -0.2) is 19.8 Å². The number of ether oxygens (including phenoxy) is 1. The first-order valence-electron chi connectivity index (χ1n) is 7.15. The molecule has 1 aromatic carbocycles. The largest absolute Gasteiger partial charge is 0.381 e. The van der Waals surface area contributed by atoms with Crippen LogP contribution in [0.25, 0.3) is 0 Å². The second kappa shape index (κ2) is 9.12. The van der Waals surface area contributed by atoms with Gasteiger partial charge in [-0.1, -0.05) is 43.7 Å². The third-order valence-corrected chi connectivity index (χ3v) is 3.02. The zero-order valence-electron chi connectivity index (χ0n) is 12.0. The van der Waals surface area contributed by atoms with Gasteiger partial charge in [-0.3, -0.25) is 0 Å². The SMILES string of the molecule is CCCNC(CCOCCC)c1ccc(C)cc1. The summed E-state index contributed by atoms with van der Waals surface area (Å²) in [6.45, 7) is 9.24. The fraction of sp³-hybridized carbons (Fsp3) is 0.625. The molecule has 0 aliphatic heterocycles. The van der Waals surface area contributed by atoms with Crippen molar-refractivity contribution in [2.75, 3.05) is 19.8 Å². The average molecular weight is 249 g/mol. The van der Waals surface area contributed by atoms with Crippen LogP contribution < -0.4 is 5.32 Å². The Balaban J connectivity index is 2.51. The van der Waals surface area contributed by atoms with Gasteiger partial charge in [-0.2, -0.15) is 0 Å². The van der Waals surface area contributed by atoms with Gasteiger partial charge in [0.25, 0.3) is 0 Å². The number of aryl methyl sites for hydroxylation is 1. The van der Waals surface area contributed by atoms with Crippen LogP contribution in [0.5, 0.6) is 0 Å². The van der Waals surface area contributed by atoms with Crippen molar-refractivity contribution in [3.05, 3.63) is 35.4 Å². The van der Waals surface area contributed by atoms with E-state index in [9.17, 15) is 0 Å². The van der Waals surface area contributed by atoms with Gasteiger partial charge in [-0.05, 0) is 38.3 Å². The number of hydrogen-bond acceptors (Lipinski definition) is 2. The summed E-state index contributed by atoms with van der Waals surface area (Å²) >= 11 is 0. The molecule has 1 unspecified atom stereocenters. The van der Waals surface area contributed by atoms with E-state index in [1.165, 1.54) is 11.1 Å². The van der Waals surface area contributed by atoms with Crippen LogP contribution in [0.1, 0.15) is 50.3 Å². The van der Waals surface area contributed by atoms with Gasteiger partial charge in [0.1, 0.15) is 0 Å². The van der Waals surface area contributed by atoms with E-state index >= 15 is 0 Å². The fourth-order valence-electron chi connectivity index (χ4n) is 1.95. The molecular weight excluding hydrogens is 222 g/mol. The van der Waals surface area contributed by atoms with Gasteiger partial charge in [0, 0.05) is 19.3 Å². The summed E-state index contributed by atoms with van der Waals surface area (Å²) in [6.07, 6.45) is 3.30. The normalized spacial score (nSPS) is 12.6. The predicted molar refractivity (Wildman–Crippen MR) is 77.9 cm³/mol. The maximum absolute atomic E-state index is 5.60. The molecule has 1 aromatic rings. The van der Waals surface area contributed by atoms with Crippen molar-refractivity contribution in [3.8, 4) is 0 Å². The molecule has 102 valence electrons. The first kappa shape index (κ1) is 15.2. The Morgan fingerprint density at radius 3 is 2.39 bits per heavy atom. The summed E-state index contributed by atoms with van der Waals surface area (Å²) in [5.74, 6) is 0. The van der Waals surface area contributed by atoms with E-state index < -0.39 is 0 Å². The molecule has 0 radical (unpaired) electrons. The standard InChI is InChI=1S/C16H27NO/c1-4-11-17-16(10-13-18-12-5-2)15-8-6-14(3)7-9-15/h6-9,16-17H,4-5,10-13H2,1-3H3. The third kappa shape index (κ3) is 5.65. The highest BCUT2D eigenvalue weighted by atomic mass is 16.5. The van der Waals surface area contributed by atoms with E-state index in [4.69, 9.17) is 4.74 Å². The molecule has 0 aliphatic carbocycles. The summed E-state index contributed by atoms with van der Waals surface area (Å²) in [7, 11) is 0. The molecule has 0 fully saturated rings. The van der Waals surface area contributed by atoms with Gasteiger partial charge in [-0.25, -0.2) is 0 Å². The van der Waals surface area contributed by atoms with Crippen LogP contribution >= 0.6 is 0 Å². The molecule has 2 heteroatoms. The molecule has 0 bridgehead atoms. The van der Waals surface area contributed by atoms with Crippen molar-refractivity contribution >= 4 is 0 Å². The van der Waals surface area contributed by atoms with E-state index in [-0.39, 0.29) is 0 Å². The number of nitrogens with one attached hydrogen (secondary N) is 1. The third-order valence-electron chi connectivity index (χ3n) is 3.02. The number of benzene rings is 1. The molecule has 0 saturated carbocycles. The Morgan fingerprint density at radius 1 is 1.06 bits per heavy atom. The van der Waals surface area contributed by atoms with Crippen LogP contribution in [0.3, 0.4) is 0 Å². The fourth-order valence-corrected chi connectivity index (χ4v) is 1.95. The molecule has 0 heterocycles. The Kier molecular flexibility index (Phi) is 7.70. The zero-order valence-corrected chi connectivity index (χ0v) is 12.0. The molecule has 1 atom stereocenters. The lowest BCUT2D eigenvalue weighted by Gasteiger charge is -2.19. The van der Waals surface area contributed by atoms with Crippen LogP contribution in [0.4, 0.5) is 0 Å². The molecule has 18 heavy (non-hydrogen) atoms. The first-order valence-corrected chi connectivity index (χ1v) is 7.15. The average Bonchev–Trinajstić information content (AvgIpc) is 2.39. The van der Waals surface area contributed by atoms with Crippen LogP contribution in [0, 0.1) is 6.92 Å². The molecule has 0 aliphatic rings. The van der Waals surface area contributed by atoms with Gasteiger partial charge in [0.2, 0.25) is 0 Å². The molecule has 0 saturated heterocycles. The molecule has 0 spiro atoms. The maximum atomic E-state index is 5.60. The molecule has 1 N–H and O–H groups in total. The molecule has 2 nitrogen and oxygen atoms in total. The van der Waals surface area contributed by atoms with E-state index in [2.05, 4.69) is 50.4 Å². The van der Waals surface area contributed by atoms with Gasteiger partial charge >= 0.3 is 0 Å². The Hall–Kier alpha value is -0.860. The van der Waals surface area contributed by atoms with Crippen molar-refractivity contribution in [2.45, 2.75) is 46.1 Å². The quantitative estimate of drug-likeness (QED) is 0.671. The van der Waals surface area contributed by atoms with Crippen molar-refractivity contribution in [1.82, 2.24) is 5.32 Å². The lowest BCUT2D eigenvalue weighted by Crippen LogP contribution is -2.23. The lowest BCUT2D eigenvalue weighted by molar-refractivity contribution is 0.124. The summed E-state index contributed by atoms with van der Waals surface area (Å²) in [6, 6.07) is 9.24. The maximum Gasteiger partial charge on any atom is 0.0484 e. The minimum absolute atomic E-state index is 0.419. The van der Waals surface area contributed by atoms with Crippen LogP contribution in [0.15, 0.2) is 24.3 Å². The Labute approximate surface area is 112 Å². The molecular formula is C16H27NO. The second-order valence-corrected chi connectivity index (χ2v) is 4.82. The van der Waals surface area contributed by atoms with Gasteiger partial charge in [0.15, 0.2) is 0 Å². The topological polar surface area (TPSA) is 21.3 Å². The summed E-state index contributed by atoms with van der Waals surface area (Å²) < 4.78 is 5.60. The number of hydrogen-bond donors (Lipinski definition) is 1. The zero-order chi connectivity index (χ0) is 13.2. The van der Waals surface area contributed by atoms with Crippen molar-refractivity contribution in [2.24, 2.45) is 0 Å². The van der Waals surface area contributed by atoms with E-state index in [0.717, 1.165) is 39.0 Å². The lowest BCUT2D eigenvalue weighted by atomic mass is 10.0. The molecule has 0 aromatic heterocycles. The van der Waals surface area contributed by atoms with E-state index in [0.29, 0.717) is 6.04 Å². The Morgan fingerprint density at radius 2 is 1.78 bits per heavy atom. The van der Waals surface area contributed by atoms with Gasteiger partial charge in [0.05, 0.1) is 0 Å². The minimum atomic E-state index is 0.419. The molecule has 0 amide bonds. The monoisotopic (exact) mass is 249 g/mol. The summed E-state index contributed by atoms with van der Waals surface area (Å²) in [5, 5.41) is 3.60. The molecule has 1 rings (SSSR count). The van der Waals surface area contributed by atoms with Crippen molar-refractivity contribution < 1.29 is 4.74 Å². The predicted octanol–water partition coefficient (Wildman–Crippen LogP) is 3.85. The number of rotatable bonds is 9. The highest BCUT2D eigenvalue weighted by molar-refractivity contribution is 5.24. The van der Waals surface area contributed by atoms with Crippen LogP contribution in [-0.2, 0) is 4.74 Å². The Bertz CT molecular complexity index is 307. The highest BCUT2D eigenvalue weighted by Gasteiger charge is 2.09. The van der Waals surface area contributed by atoms with Crippen molar-refractivity contribution in [1.29, 1.82) is 0 Å². The van der Waals surface area contributed by atoms with E-state index in [1.807, 2.05) is 0 Å². The van der Waals surface area contributed by atoms with Gasteiger partial charge in [-0.15, -0.1) is 0 Å². The smallest absolute Gasteiger partial charge is 0.0484 e. The van der Waals surface area contributed by atoms with E-state index in [1.54, 1.807) is 0 Å². The highest BCUT2D eigenvalue weighted by Crippen LogP contribution is 2.17.